The smallest absolute Gasteiger partial charge is 0.341 e. The molecule has 0 radical (unpaired) electrons. The normalized spacial score (nSPS) is 15.9. The molecule has 0 unspecified atom stereocenters. The van der Waals surface area contributed by atoms with Gasteiger partial charge in [-0.05, 0) is 56.3 Å². The number of amides is 2. The fourth-order valence-electron chi connectivity index (χ4n) is 2.28. The molecule has 1 aliphatic heterocycles. The number of hydrogen-bond donors (Lipinski definition) is 1. The summed E-state index contributed by atoms with van der Waals surface area (Å²) in [5.41, 5.74) is 0.537. The summed E-state index contributed by atoms with van der Waals surface area (Å²) in [4.78, 5) is 36.5. The summed E-state index contributed by atoms with van der Waals surface area (Å²) in [6, 6.07) is 2.86. The number of ether oxygens (including phenoxy) is 2. The minimum Gasteiger partial charge on any atom is -0.490 e. The Bertz CT molecular complexity index is 777. The predicted octanol–water partition coefficient (Wildman–Crippen LogP) is 3.65. The molecule has 1 aromatic carbocycles. The van der Waals surface area contributed by atoms with Gasteiger partial charge < -0.3 is 14.6 Å². The van der Waals surface area contributed by atoms with E-state index in [4.69, 9.17) is 26.2 Å². The number of halogens is 1. The van der Waals surface area contributed by atoms with Gasteiger partial charge in [-0.1, -0.05) is 11.6 Å². The summed E-state index contributed by atoms with van der Waals surface area (Å²) in [6.07, 6.45) is 1.54. The zero-order valence-corrected chi connectivity index (χ0v) is 16.0. The van der Waals surface area contributed by atoms with Crippen molar-refractivity contribution in [1.82, 2.24) is 4.90 Å². The largest absolute Gasteiger partial charge is 0.490 e. The summed E-state index contributed by atoms with van der Waals surface area (Å²) in [5, 5.41) is 8.58. The van der Waals surface area contributed by atoms with Crippen LogP contribution in [0, 0.1) is 0 Å². The van der Waals surface area contributed by atoms with Crippen molar-refractivity contribution in [3.05, 3.63) is 27.6 Å². The molecule has 0 saturated carbocycles. The number of carbonyl (C=O) groups is 3. The van der Waals surface area contributed by atoms with Gasteiger partial charge in [0.1, 0.15) is 0 Å². The summed E-state index contributed by atoms with van der Waals surface area (Å²) in [6.45, 7) is 5.03. The molecule has 26 heavy (non-hydrogen) atoms. The minimum atomic E-state index is -1.14. The molecule has 1 saturated heterocycles. The highest BCUT2D eigenvalue weighted by Gasteiger charge is 2.36. The molecule has 2 amide bonds. The summed E-state index contributed by atoms with van der Waals surface area (Å²) in [7, 11) is 0. The molecule has 1 fully saturated rings. The van der Waals surface area contributed by atoms with Gasteiger partial charge in [-0.15, -0.1) is 0 Å². The number of imide groups is 1. The van der Waals surface area contributed by atoms with Crippen LogP contribution in [0.2, 0.25) is 5.02 Å². The van der Waals surface area contributed by atoms with Crippen LogP contribution in [0.15, 0.2) is 17.0 Å². The maximum atomic E-state index is 12.4. The lowest BCUT2D eigenvalue weighted by Gasteiger charge is -2.16. The van der Waals surface area contributed by atoms with Gasteiger partial charge in [-0.25, -0.2) is 4.79 Å². The Labute approximate surface area is 159 Å². The molecule has 0 aromatic heterocycles. The van der Waals surface area contributed by atoms with E-state index in [1.807, 2.05) is 0 Å². The number of carboxylic acids is 1. The molecule has 2 rings (SSSR count). The molecule has 7 nitrogen and oxygen atoms in total. The average molecular weight is 400 g/mol. The second kappa shape index (κ2) is 8.46. The Kier molecular flexibility index (Phi) is 6.55. The number of carboxylic acid groups (broad SMARTS) is 1. The Morgan fingerprint density at radius 1 is 1.35 bits per heavy atom. The molecule has 140 valence electrons. The number of nitrogens with zero attached hydrogens (tertiary/aromatic N) is 1. The first-order valence-electron chi connectivity index (χ1n) is 7.82. The van der Waals surface area contributed by atoms with E-state index < -0.39 is 12.6 Å². The average Bonchev–Trinajstić information content (AvgIpc) is 2.80. The van der Waals surface area contributed by atoms with Crippen molar-refractivity contribution in [2.24, 2.45) is 0 Å². The van der Waals surface area contributed by atoms with Gasteiger partial charge in [0.2, 0.25) is 0 Å². The maximum Gasteiger partial charge on any atom is 0.341 e. The molecule has 0 spiro atoms. The number of aliphatic carboxylic acids is 1. The standard InChI is InChI=1S/C17H18ClNO6S/c1-4-24-12-6-10(5-11(18)15(12)25-8-14(20)21)7-13-16(22)19(9(2)3)17(23)26-13/h5-7,9H,4,8H2,1-3H3,(H,20,21)/b13-7-. The van der Waals surface area contributed by atoms with E-state index in [0.29, 0.717) is 12.2 Å². The number of rotatable bonds is 7. The lowest BCUT2D eigenvalue weighted by Crippen LogP contribution is -2.34. The van der Waals surface area contributed by atoms with Crippen molar-refractivity contribution < 1.29 is 29.0 Å². The van der Waals surface area contributed by atoms with Crippen LogP contribution in [0.1, 0.15) is 26.3 Å². The van der Waals surface area contributed by atoms with Gasteiger partial charge in [0.05, 0.1) is 16.5 Å². The van der Waals surface area contributed by atoms with Gasteiger partial charge in [0.25, 0.3) is 11.1 Å². The van der Waals surface area contributed by atoms with Gasteiger partial charge >= 0.3 is 5.97 Å². The number of thioether (sulfide) groups is 1. The van der Waals surface area contributed by atoms with Crippen molar-refractivity contribution in [2.75, 3.05) is 13.2 Å². The first-order valence-corrected chi connectivity index (χ1v) is 9.02. The number of benzene rings is 1. The molecule has 1 aliphatic rings. The first kappa shape index (κ1) is 20.1. The van der Waals surface area contributed by atoms with Crippen LogP contribution in [0.3, 0.4) is 0 Å². The van der Waals surface area contributed by atoms with Crippen molar-refractivity contribution >= 4 is 46.6 Å². The van der Waals surface area contributed by atoms with E-state index in [1.54, 1.807) is 32.9 Å². The minimum absolute atomic E-state index is 0.114. The molecular formula is C17H18ClNO6S. The van der Waals surface area contributed by atoms with E-state index in [0.717, 1.165) is 11.8 Å². The van der Waals surface area contributed by atoms with Gasteiger partial charge in [0.15, 0.2) is 18.1 Å². The quantitative estimate of drug-likeness (QED) is 0.699. The van der Waals surface area contributed by atoms with Gasteiger partial charge in [-0.3, -0.25) is 14.5 Å². The Morgan fingerprint density at radius 3 is 2.58 bits per heavy atom. The van der Waals surface area contributed by atoms with Crippen LogP contribution in [-0.2, 0) is 9.59 Å². The van der Waals surface area contributed by atoms with Crippen LogP contribution in [0.25, 0.3) is 6.08 Å². The SMILES string of the molecule is CCOc1cc(/C=C2\SC(=O)N(C(C)C)C2=O)cc(Cl)c1OCC(=O)O. The zero-order valence-electron chi connectivity index (χ0n) is 14.4. The van der Waals surface area contributed by atoms with Crippen LogP contribution < -0.4 is 9.47 Å². The van der Waals surface area contributed by atoms with Crippen LogP contribution in [-0.4, -0.2) is 46.4 Å². The second-order valence-electron chi connectivity index (χ2n) is 5.59. The monoisotopic (exact) mass is 399 g/mol. The Morgan fingerprint density at radius 2 is 2.04 bits per heavy atom. The molecule has 1 N–H and O–H groups in total. The van der Waals surface area contributed by atoms with E-state index in [9.17, 15) is 14.4 Å². The zero-order chi connectivity index (χ0) is 19.4. The highest BCUT2D eigenvalue weighted by atomic mass is 35.5. The lowest BCUT2D eigenvalue weighted by atomic mass is 10.1. The van der Waals surface area contributed by atoms with E-state index in [2.05, 4.69) is 0 Å². The summed E-state index contributed by atoms with van der Waals surface area (Å²) >= 11 is 7.04. The highest BCUT2D eigenvalue weighted by molar-refractivity contribution is 8.18. The van der Waals surface area contributed by atoms with E-state index in [-0.39, 0.29) is 38.6 Å². The molecular weight excluding hydrogens is 382 g/mol. The molecule has 1 aromatic rings. The highest BCUT2D eigenvalue weighted by Crippen LogP contribution is 2.39. The predicted molar refractivity (Wildman–Crippen MR) is 98.7 cm³/mol. The third-order valence-corrected chi connectivity index (χ3v) is 4.47. The van der Waals surface area contributed by atoms with Gasteiger partial charge in [0, 0.05) is 6.04 Å². The van der Waals surface area contributed by atoms with E-state index in [1.165, 1.54) is 11.0 Å². The Balaban J connectivity index is 2.37. The third-order valence-electron chi connectivity index (χ3n) is 3.31. The molecule has 0 atom stereocenters. The van der Waals surface area contributed by atoms with Crippen molar-refractivity contribution in [3.8, 4) is 11.5 Å². The number of carbonyl (C=O) groups excluding carboxylic acids is 2. The third kappa shape index (κ3) is 4.50. The number of hydrogen-bond acceptors (Lipinski definition) is 6. The summed E-state index contributed by atoms with van der Waals surface area (Å²) in [5.74, 6) is -1.14. The van der Waals surface area contributed by atoms with Crippen molar-refractivity contribution in [1.29, 1.82) is 0 Å². The van der Waals surface area contributed by atoms with Crippen molar-refractivity contribution in [3.63, 3.8) is 0 Å². The summed E-state index contributed by atoms with van der Waals surface area (Å²) < 4.78 is 10.6. The molecule has 1 heterocycles. The lowest BCUT2D eigenvalue weighted by molar-refractivity contribution is -0.139. The molecule has 9 heteroatoms. The maximum absolute atomic E-state index is 12.4. The fourth-order valence-corrected chi connectivity index (χ4v) is 3.52. The van der Waals surface area contributed by atoms with Crippen LogP contribution in [0.5, 0.6) is 11.5 Å². The molecule has 0 aliphatic carbocycles. The topological polar surface area (TPSA) is 93.1 Å². The molecule has 0 bridgehead atoms. The second-order valence-corrected chi connectivity index (χ2v) is 6.99. The van der Waals surface area contributed by atoms with Crippen LogP contribution in [0.4, 0.5) is 4.79 Å². The Hall–Kier alpha value is -2.19. The first-order chi connectivity index (χ1) is 12.2. The van der Waals surface area contributed by atoms with Crippen molar-refractivity contribution in [2.45, 2.75) is 26.8 Å². The van der Waals surface area contributed by atoms with Crippen LogP contribution >= 0.6 is 23.4 Å². The van der Waals surface area contributed by atoms with E-state index >= 15 is 0 Å². The van der Waals surface area contributed by atoms with Gasteiger partial charge in [-0.2, -0.15) is 0 Å². The fraction of sp³-hybridized carbons (Fsp3) is 0.353.